The first-order valence-corrected chi connectivity index (χ1v) is 11.0. The Morgan fingerprint density at radius 3 is 2.38 bits per heavy atom. The van der Waals surface area contributed by atoms with Crippen LogP contribution in [0.2, 0.25) is 0 Å². The zero-order chi connectivity index (χ0) is 23.5. The number of sulfone groups is 1. The van der Waals surface area contributed by atoms with Crippen LogP contribution in [0, 0.1) is 6.92 Å². The van der Waals surface area contributed by atoms with Crippen molar-refractivity contribution in [3.05, 3.63) is 59.8 Å². The minimum atomic E-state index is -4.49. The minimum Gasteiger partial charge on any atom is -0.495 e. The molecule has 0 aliphatic rings. The van der Waals surface area contributed by atoms with Crippen molar-refractivity contribution in [2.75, 3.05) is 18.2 Å². The lowest BCUT2D eigenvalue weighted by Crippen LogP contribution is -2.18. The monoisotopic (exact) mass is 468 g/mol. The number of nitrogens with zero attached hydrogens (tertiary/aromatic N) is 1. The topological polar surface area (TPSA) is 98.5 Å². The highest BCUT2D eigenvalue weighted by Crippen LogP contribution is 2.32. The maximum atomic E-state index is 12.9. The molecule has 7 nitrogen and oxygen atoms in total. The van der Waals surface area contributed by atoms with E-state index in [-0.39, 0.29) is 16.3 Å². The molecular formula is C21H19F3N2O5S. The third-order valence-electron chi connectivity index (χ3n) is 4.51. The molecule has 32 heavy (non-hydrogen) atoms. The molecule has 0 unspecified atom stereocenters. The maximum absolute atomic E-state index is 12.9. The lowest BCUT2D eigenvalue weighted by atomic mass is 10.1. The molecule has 11 heteroatoms. The summed E-state index contributed by atoms with van der Waals surface area (Å²) in [6, 6.07) is 9.97. The average Bonchev–Trinajstić information content (AvgIpc) is 3.18. The van der Waals surface area contributed by atoms with E-state index < -0.39 is 39.7 Å². The predicted molar refractivity (Wildman–Crippen MR) is 110 cm³/mol. The van der Waals surface area contributed by atoms with Crippen molar-refractivity contribution < 1.29 is 35.6 Å². The van der Waals surface area contributed by atoms with Gasteiger partial charge in [-0.05, 0) is 49.4 Å². The number of alkyl halides is 3. The van der Waals surface area contributed by atoms with Gasteiger partial charge in [0, 0.05) is 23.7 Å². The maximum Gasteiger partial charge on any atom is 0.416 e. The van der Waals surface area contributed by atoms with Gasteiger partial charge in [-0.3, -0.25) is 4.79 Å². The largest absolute Gasteiger partial charge is 0.495 e. The third-order valence-corrected chi connectivity index (χ3v) is 6.24. The summed E-state index contributed by atoms with van der Waals surface area (Å²) in [5, 5.41) is 6.16. The Kier molecular flexibility index (Phi) is 6.58. The Hall–Kier alpha value is -3.34. The van der Waals surface area contributed by atoms with Gasteiger partial charge in [-0.15, -0.1) is 0 Å². The van der Waals surface area contributed by atoms with Gasteiger partial charge in [-0.25, -0.2) is 8.42 Å². The van der Waals surface area contributed by atoms with Crippen LogP contribution in [0.1, 0.15) is 17.7 Å². The van der Waals surface area contributed by atoms with E-state index in [1.807, 2.05) is 0 Å². The number of nitrogens with one attached hydrogen (secondary N) is 1. The van der Waals surface area contributed by atoms with Crippen molar-refractivity contribution in [3.8, 4) is 17.1 Å². The number of methoxy groups -OCH3 is 1. The van der Waals surface area contributed by atoms with Gasteiger partial charge in [-0.2, -0.15) is 13.2 Å². The zero-order valence-corrected chi connectivity index (χ0v) is 17.9. The molecule has 3 aromatic rings. The first kappa shape index (κ1) is 23.3. The molecular weight excluding hydrogens is 449 g/mol. The van der Waals surface area contributed by atoms with E-state index >= 15 is 0 Å². The molecule has 0 radical (unpaired) electrons. The van der Waals surface area contributed by atoms with Gasteiger partial charge in [0.15, 0.2) is 15.6 Å². The van der Waals surface area contributed by atoms with Crippen molar-refractivity contribution in [3.63, 3.8) is 0 Å². The van der Waals surface area contributed by atoms with Gasteiger partial charge in [0.25, 0.3) is 0 Å². The number of aryl methyl sites for hydroxylation is 1. The highest BCUT2D eigenvalue weighted by Gasteiger charge is 2.30. The van der Waals surface area contributed by atoms with E-state index in [2.05, 4.69) is 10.5 Å². The second-order valence-electron chi connectivity index (χ2n) is 6.89. The number of carbonyl (C=O) groups is 1. The van der Waals surface area contributed by atoms with Gasteiger partial charge in [0.1, 0.15) is 10.6 Å². The van der Waals surface area contributed by atoms with Gasteiger partial charge in [0.2, 0.25) is 5.91 Å². The van der Waals surface area contributed by atoms with Crippen LogP contribution in [-0.2, 0) is 20.8 Å². The number of hydrogen-bond donors (Lipinski definition) is 1. The van der Waals surface area contributed by atoms with Crippen LogP contribution in [-0.4, -0.2) is 32.3 Å². The lowest BCUT2D eigenvalue weighted by molar-refractivity contribution is -0.137. The molecule has 0 saturated heterocycles. The molecule has 0 aliphatic carbocycles. The van der Waals surface area contributed by atoms with Crippen LogP contribution in [0.4, 0.5) is 18.9 Å². The molecule has 1 N–H and O–H groups in total. The summed E-state index contributed by atoms with van der Waals surface area (Å²) in [7, 11) is -2.61. The van der Waals surface area contributed by atoms with E-state index in [1.165, 1.54) is 19.2 Å². The summed E-state index contributed by atoms with van der Waals surface area (Å²) < 4.78 is 73.9. The normalized spacial score (nSPS) is 11.9. The molecule has 0 saturated carbocycles. The molecule has 2 aromatic carbocycles. The fourth-order valence-electron chi connectivity index (χ4n) is 2.88. The van der Waals surface area contributed by atoms with Crippen LogP contribution in [0.15, 0.2) is 57.9 Å². The number of ether oxygens (including phenoxy) is 1. The molecule has 1 amide bonds. The van der Waals surface area contributed by atoms with E-state index in [4.69, 9.17) is 9.26 Å². The molecule has 0 aliphatic heterocycles. The fourth-order valence-corrected chi connectivity index (χ4v) is 4.31. The molecule has 0 fully saturated rings. The first-order valence-electron chi connectivity index (χ1n) is 9.31. The molecule has 0 atom stereocenters. The second-order valence-corrected chi connectivity index (χ2v) is 8.97. The van der Waals surface area contributed by atoms with Gasteiger partial charge in [-0.1, -0.05) is 5.16 Å². The van der Waals surface area contributed by atoms with Crippen molar-refractivity contribution in [2.45, 2.75) is 24.4 Å². The number of carbonyl (C=O) groups excluding carboxylic acids is 1. The number of halogens is 3. The highest BCUT2D eigenvalue weighted by atomic mass is 32.2. The summed E-state index contributed by atoms with van der Waals surface area (Å²) in [6.07, 6.45) is -4.90. The van der Waals surface area contributed by atoms with E-state index in [9.17, 15) is 26.4 Å². The number of amides is 1. The van der Waals surface area contributed by atoms with Gasteiger partial charge in [0.05, 0.1) is 24.1 Å². The molecule has 170 valence electrons. The molecule has 0 bridgehead atoms. The Balaban J connectivity index is 1.72. The Bertz CT molecular complexity index is 1220. The van der Waals surface area contributed by atoms with Crippen LogP contribution in [0.25, 0.3) is 11.3 Å². The fraction of sp³-hybridized carbons (Fsp3) is 0.238. The summed E-state index contributed by atoms with van der Waals surface area (Å²) in [5.41, 5.74) is 0.368. The zero-order valence-electron chi connectivity index (χ0n) is 17.1. The van der Waals surface area contributed by atoms with Crippen molar-refractivity contribution >= 4 is 21.4 Å². The molecule has 1 aromatic heterocycles. The smallest absolute Gasteiger partial charge is 0.416 e. The van der Waals surface area contributed by atoms with Crippen LogP contribution >= 0.6 is 0 Å². The number of aromatic nitrogens is 1. The summed E-state index contributed by atoms with van der Waals surface area (Å²) in [4.78, 5) is 12.0. The Labute approximate surface area is 182 Å². The summed E-state index contributed by atoms with van der Waals surface area (Å²) in [5.74, 6) is -0.710. The number of rotatable bonds is 7. The summed E-state index contributed by atoms with van der Waals surface area (Å²) >= 11 is 0. The molecule has 1 heterocycles. The lowest BCUT2D eigenvalue weighted by Gasteiger charge is -2.11. The first-order chi connectivity index (χ1) is 15.0. The molecule has 0 spiro atoms. The number of benzene rings is 2. The SMILES string of the molecule is COc1ccc(-c2cc(C)no2)cc1S(=O)(=O)CCC(=O)Nc1ccc(C(F)(F)F)cc1. The Morgan fingerprint density at radius 2 is 1.81 bits per heavy atom. The average molecular weight is 468 g/mol. The van der Waals surface area contributed by atoms with E-state index in [0.717, 1.165) is 24.3 Å². The highest BCUT2D eigenvalue weighted by molar-refractivity contribution is 7.91. The van der Waals surface area contributed by atoms with Crippen LogP contribution in [0.3, 0.4) is 0 Å². The quantitative estimate of drug-likeness (QED) is 0.549. The van der Waals surface area contributed by atoms with Crippen molar-refractivity contribution in [2.24, 2.45) is 0 Å². The van der Waals surface area contributed by atoms with E-state index in [1.54, 1.807) is 19.1 Å². The standard InChI is InChI=1S/C21H19F3N2O5S/c1-13-11-18(31-26-13)14-3-8-17(30-2)19(12-14)32(28,29)10-9-20(27)25-16-6-4-15(5-7-16)21(22,23)24/h3-8,11-12H,9-10H2,1-2H3,(H,25,27). The van der Waals surface area contributed by atoms with E-state index in [0.29, 0.717) is 17.0 Å². The third kappa shape index (κ3) is 5.47. The summed E-state index contributed by atoms with van der Waals surface area (Å²) in [6.45, 7) is 1.73. The minimum absolute atomic E-state index is 0.105. The van der Waals surface area contributed by atoms with Crippen molar-refractivity contribution in [1.29, 1.82) is 0 Å². The van der Waals surface area contributed by atoms with Gasteiger partial charge < -0.3 is 14.6 Å². The second kappa shape index (κ2) is 9.03. The Morgan fingerprint density at radius 1 is 1.12 bits per heavy atom. The van der Waals surface area contributed by atoms with Gasteiger partial charge >= 0.3 is 6.18 Å². The van der Waals surface area contributed by atoms with Crippen molar-refractivity contribution in [1.82, 2.24) is 5.16 Å². The predicted octanol–water partition coefficient (Wildman–Crippen LogP) is 4.48. The number of anilines is 1. The van der Waals surface area contributed by atoms with Crippen LogP contribution in [0.5, 0.6) is 5.75 Å². The molecule has 3 rings (SSSR count). The van der Waals surface area contributed by atoms with Crippen LogP contribution < -0.4 is 10.1 Å². The number of hydrogen-bond acceptors (Lipinski definition) is 6.